The van der Waals surface area contributed by atoms with E-state index < -0.39 is 0 Å². The zero-order valence-electron chi connectivity index (χ0n) is 12.2. The van der Waals surface area contributed by atoms with Gasteiger partial charge in [0.2, 0.25) is 0 Å². The van der Waals surface area contributed by atoms with Gasteiger partial charge in [0, 0.05) is 30.9 Å². The molecule has 6 heteroatoms. The third-order valence-corrected chi connectivity index (χ3v) is 3.99. The van der Waals surface area contributed by atoms with Gasteiger partial charge in [-0.05, 0) is 31.5 Å². The Hall–Kier alpha value is -2.52. The lowest BCUT2D eigenvalue weighted by atomic mass is 10.1. The second kappa shape index (κ2) is 6.50. The van der Waals surface area contributed by atoms with Gasteiger partial charge in [-0.15, -0.1) is 0 Å². The first-order chi connectivity index (χ1) is 10.8. The molecule has 1 fully saturated rings. The van der Waals surface area contributed by atoms with E-state index in [0.29, 0.717) is 24.2 Å². The molecule has 0 aromatic carbocycles. The predicted molar refractivity (Wildman–Crippen MR) is 82.1 cm³/mol. The molecule has 0 saturated carbocycles. The molecule has 112 valence electrons. The zero-order valence-corrected chi connectivity index (χ0v) is 12.2. The number of hydrogen-bond donors (Lipinski definition) is 1. The molecule has 1 unspecified atom stereocenters. The molecule has 1 saturated heterocycles. The van der Waals surface area contributed by atoms with E-state index in [9.17, 15) is 4.79 Å². The Bertz CT molecular complexity index is 719. The molecule has 2 aromatic heterocycles. The summed E-state index contributed by atoms with van der Waals surface area (Å²) in [6, 6.07) is 5.81. The van der Waals surface area contributed by atoms with Crippen molar-refractivity contribution in [3.63, 3.8) is 0 Å². The highest BCUT2D eigenvalue weighted by molar-refractivity contribution is 6.05. The minimum absolute atomic E-state index is 0.00951. The quantitative estimate of drug-likeness (QED) is 0.920. The third kappa shape index (κ3) is 2.90. The third-order valence-electron chi connectivity index (χ3n) is 3.99. The van der Waals surface area contributed by atoms with Crippen LogP contribution < -0.4 is 5.32 Å². The van der Waals surface area contributed by atoms with Crippen molar-refractivity contribution in [2.45, 2.75) is 18.9 Å². The first-order valence-electron chi connectivity index (χ1n) is 7.40. The van der Waals surface area contributed by atoms with Crippen molar-refractivity contribution >= 4 is 16.8 Å². The molecule has 0 spiro atoms. The molecule has 1 aliphatic heterocycles. The van der Waals surface area contributed by atoms with Crippen LogP contribution in [0.5, 0.6) is 0 Å². The van der Waals surface area contributed by atoms with Crippen molar-refractivity contribution in [1.82, 2.24) is 20.2 Å². The number of hydrogen-bond acceptors (Lipinski definition) is 5. The largest absolute Gasteiger partial charge is 0.351 e. The van der Waals surface area contributed by atoms with Crippen LogP contribution >= 0.6 is 0 Å². The van der Waals surface area contributed by atoms with Crippen molar-refractivity contribution in [2.75, 3.05) is 19.6 Å². The molecule has 0 radical (unpaired) electrons. The Labute approximate surface area is 128 Å². The number of pyridine rings is 2. The second-order valence-corrected chi connectivity index (χ2v) is 5.33. The number of nitriles is 1. The van der Waals surface area contributed by atoms with Crippen LogP contribution in [0.3, 0.4) is 0 Å². The lowest BCUT2D eigenvalue weighted by Crippen LogP contribution is -2.37. The van der Waals surface area contributed by atoms with Gasteiger partial charge in [0.15, 0.2) is 0 Å². The normalized spacial score (nSPS) is 18.2. The highest BCUT2D eigenvalue weighted by Gasteiger charge is 2.23. The molecule has 1 atom stereocenters. The molecule has 1 aliphatic rings. The van der Waals surface area contributed by atoms with E-state index in [4.69, 9.17) is 5.26 Å². The Morgan fingerprint density at radius 1 is 1.45 bits per heavy atom. The number of nitrogens with one attached hydrogen (secondary N) is 1. The predicted octanol–water partition coefficient (Wildman–Crippen LogP) is 1.35. The van der Waals surface area contributed by atoms with Gasteiger partial charge in [-0.1, -0.05) is 0 Å². The summed E-state index contributed by atoms with van der Waals surface area (Å²) < 4.78 is 0. The monoisotopic (exact) mass is 295 g/mol. The minimum Gasteiger partial charge on any atom is -0.351 e. The molecule has 3 rings (SSSR count). The minimum atomic E-state index is -0.119. The lowest BCUT2D eigenvalue weighted by Gasteiger charge is -2.19. The number of carbonyl (C=O) groups excluding carboxylic acids is 1. The molecule has 1 amide bonds. The van der Waals surface area contributed by atoms with E-state index in [0.717, 1.165) is 24.8 Å². The van der Waals surface area contributed by atoms with Gasteiger partial charge in [-0.2, -0.15) is 5.26 Å². The standard InChI is InChI=1S/C16H17N5O/c17-10-12-2-1-8-21(12)9-7-20-16(22)14-4-6-19-15-11-18-5-3-13(14)15/h3-6,11-12H,1-2,7-9H2,(H,20,22). The SMILES string of the molecule is N#CC1CCCN1CCNC(=O)c1ccnc2cnccc12. The van der Waals surface area contributed by atoms with E-state index in [1.807, 2.05) is 0 Å². The van der Waals surface area contributed by atoms with Gasteiger partial charge in [-0.25, -0.2) is 0 Å². The van der Waals surface area contributed by atoms with E-state index in [1.165, 1.54) is 0 Å². The number of rotatable bonds is 4. The smallest absolute Gasteiger partial charge is 0.252 e. The summed E-state index contributed by atoms with van der Waals surface area (Å²) in [7, 11) is 0. The number of nitrogens with zero attached hydrogens (tertiary/aromatic N) is 4. The maximum Gasteiger partial charge on any atom is 0.252 e. The second-order valence-electron chi connectivity index (χ2n) is 5.33. The summed E-state index contributed by atoms with van der Waals surface area (Å²) in [6.07, 6.45) is 6.89. The molecule has 2 aromatic rings. The van der Waals surface area contributed by atoms with Crippen LogP contribution in [0.4, 0.5) is 0 Å². The van der Waals surface area contributed by atoms with Crippen LogP contribution in [0.2, 0.25) is 0 Å². The first kappa shape index (κ1) is 14.4. The number of carbonyl (C=O) groups is 1. The average Bonchev–Trinajstić information content (AvgIpc) is 3.01. The van der Waals surface area contributed by atoms with Gasteiger partial charge in [0.25, 0.3) is 5.91 Å². The molecular weight excluding hydrogens is 278 g/mol. The molecule has 22 heavy (non-hydrogen) atoms. The molecule has 3 heterocycles. The summed E-state index contributed by atoms with van der Waals surface area (Å²) in [5, 5.41) is 12.8. The van der Waals surface area contributed by atoms with E-state index in [-0.39, 0.29) is 11.9 Å². The van der Waals surface area contributed by atoms with Crippen molar-refractivity contribution < 1.29 is 4.79 Å². The maximum atomic E-state index is 12.3. The number of amides is 1. The average molecular weight is 295 g/mol. The van der Waals surface area contributed by atoms with Crippen LogP contribution in [-0.4, -0.2) is 46.5 Å². The summed E-state index contributed by atoms with van der Waals surface area (Å²) in [5.74, 6) is -0.119. The topological polar surface area (TPSA) is 81.9 Å². The number of aromatic nitrogens is 2. The van der Waals surface area contributed by atoms with E-state index in [2.05, 4.69) is 26.3 Å². The van der Waals surface area contributed by atoms with Gasteiger partial charge in [0.1, 0.15) is 0 Å². The van der Waals surface area contributed by atoms with Crippen molar-refractivity contribution in [3.8, 4) is 6.07 Å². The molecule has 6 nitrogen and oxygen atoms in total. The summed E-state index contributed by atoms with van der Waals surface area (Å²) >= 11 is 0. The highest BCUT2D eigenvalue weighted by atomic mass is 16.1. The highest BCUT2D eigenvalue weighted by Crippen LogP contribution is 2.16. The Morgan fingerprint density at radius 2 is 2.36 bits per heavy atom. The van der Waals surface area contributed by atoms with Crippen LogP contribution in [0.25, 0.3) is 10.9 Å². The molecule has 1 N–H and O–H groups in total. The van der Waals surface area contributed by atoms with Gasteiger partial charge < -0.3 is 5.32 Å². The Morgan fingerprint density at radius 3 is 3.23 bits per heavy atom. The van der Waals surface area contributed by atoms with Crippen LogP contribution in [0.15, 0.2) is 30.7 Å². The fourth-order valence-corrected chi connectivity index (χ4v) is 2.84. The zero-order chi connectivity index (χ0) is 15.4. The van der Waals surface area contributed by atoms with Gasteiger partial charge >= 0.3 is 0 Å². The summed E-state index contributed by atoms with van der Waals surface area (Å²) in [5.41, 5.74) is 1.31. The Balaban J connectivity index is 1.63. The fourth-order valence-electron chi connectivity index (χ4n) is 2.84. The number of fused-ring (bicyclic) bond motifs is 1. The first-order valence-corrected chi connectivity index (χ1v) is 7.40. The van der Waals surface area contributed by atoms with Gasteiger partial charge in [-0.3, -0.25) is 19.7 Å². The fraction of sp³-hybridized carbons (Fsp3) is 0.375. The molecular formula is C16H17N5O. The molecule has 0 bridgehead atoms. The van der Waals surface area contributed by atoms with Crippen LogP contribution in [-0.2, 0) is 0 Å². The van der Waals surface area contributed by atoms with Crippen molar-refractivity contribution in [2.24, 2.45) is 0 Å². The van der Waals surface area contributed by atoms with Crippen molar-refractivity contribution in [1.29, 1.82) is 5.26 Å². The number of likely N-dealkylation sites (tertiary alicyclic amines) is 1. The summed E-state index contributed by atoms with van der Waals surface area (Å²) in [4.78, 5) is 22.7. The van der Waals surface area contributed by atoms with E-state index in [1.54, 1.807) is 30.7 Å². The summed E-state index contributed by atoms with van der Waals surface area (Å²) in [6.45, 7) is 2.17. The van der Waals surface area contributed by atoms with Crippen LogP contribution in [0.1, 0.15) is 23.2 Å². The molecule has 0 aliphatic carbocycles. The van der Waals surface area contributed by atoms with Gasteiger partial charge in [0.05, 0.1) is 29.4 Å². The van der Waals surface area contributed by atoms with E-state index >= 15 is 0 Å². The lowest BCUT2D eigenvalue weighted by molar-refractivity contribution is 0.0950. The Kier molecular flexibility index (Phi) is 4.26. The van der Waals surface area contributed by atoms with Crippen molar-refractivity contribution in [3.05, 3.63) is 36.3 Å². The van der Waals surface area contributed by atoms with Crippen LogP contribution in [0, 0.1) is 11.3 Å². The maximum absolute atomic E-state index is 12.3.